The summed E-state index contributed by atoms with van der Waals surface area (Å²) in [5.41, 5.74) is 6.75. The average molecular weight is 394 g/mol. The molecular formula is C27H55N. The minimum atomic E-state index is 0.695. The minimum absolute atomic E-state index is 0.695. The first-order chi connectivity index (χ1) is 13.5. The van der Waals surface area contributed by atoms with Crippen molar-refractivity contribution in [1.82, 2.24) is 0 Å². The molecule has 0 radical (unpaired) electrons. The van der Waals surface area contributed by atoms with Gasteiger partial charge in [0.15, 0.2) is 0 Å². The Balaban J connectivity index is 0.000000921. The summed E-state index contributed by atoms with van der Waals surface area (Å²) in [6, 6.07) is 0. The Kier molecular flexibility index (Phi) is 11.7. The van der Waals surface area contributed by atoms with Gasteiger partial charge in [0.25, 0.3) is 0 Å². The van der Waals surface area contributed by atoms with Crippen LogP contribution in [0.1, 0.15) is 120 Å². The molecule has 0 amide bonds. The van der Waals surface area contributed by atoms with E-state index in [2.05, 4.69) is 27.7 Å². The quantitative estimate of drug-likeness (QED) is 0.482. The fourth-order valence-corrected chi connectivity index (χ4v) is 7.89. The van der Waals surface area contributed by atoms with E-state index in [1.54, 1.807) is 0 Å². The van der Waals surface area contributed by atoms with Gasteiger partial charge in [0.1, 0.15) is 0 Å². The van der Waals surface area contributed by atoms with E-state index in [0.717, 1.165) is 48.0 Å². The van der Waals surface area contributed by atoms with Crippen molar-refractivity contribution >= 4 is 0 Å². The monoisotopic (exact) mass is 393 g/mol. The van der Waals surface area contributed by atoms with E-state index in [0.29, 0.717) is 5.41 Å². The van der Waals surface area contributed by atoms with Crippen molar-refractivity contribution in [2.75, 3.05) is 6.54 Å². The number of hydrogen-bond acceptors (Lipinski definition) is 1. The molecule has 168 valence electrons. The summed E-state index contributed by atoms with van der Waals surface area (Å²) in [6.45, 7) is 18.8. The molecule has 0 saturated heterocycles. The van der Waals surface area contributed by atoms with Crippen LogP contribution in [0.15, 0.2) is 0 Å². The van der Waals surface area contributed by atoms with Crippen LogP contribution in [0.3, 0.4) is 0 Å². The maximum absolute atomic E-state index is 6.06. The molecule has 0 aromatic rings. The lowest BCUT2D eigenvalue weighted by atomic mass is 9.49. The predicted molar refractivity (Wildman–Crippen MR) is 127 cm³/mol. The highest BCUT2D eigenvalue weighted by atomic mass is 14.6. The molecule has 3 rings (SSSR count). The van der Waals surface area contributed by atoms with Crippen LogP contribution in [0.25, 0.3) is 0 Å². The fourth-order valence-electron chi connectivity index (χ4n) is 7.89. The first kappa shape index (κ1) is 26.0. The van der Waals surface area contributed by atoms with Crippen LogP contribution in [-0.2, 0) is 0 Å². The third-order valence-corrected chi connectivity index (χ3v) is 8.61. The van der Waals surface area contributed by atoms with Crippen molar-refractivity contribution in [3.63, 3.8) is 0 Å². The van der Waals surface area contributed by atoms with Gasteiger partial charge < -0.3 is 5.73 Å². The lowest BCUT2D eigenvalue weighted by Crippen LogP contribution is -2.49. The number of nitrogens with two attached hydrogens (primary N) is 1. The predicted octanol–water partition coefficient (Wildman–Crippen LogP) is 8.32. The number of rotatable bonds is 6. The molecule has 0 heterocycles. The van der Waals surface area contributed by atoms with E-state index in [1.165, 1.54) is 64.2 Å². The zero-order chi connectivity index (χ0) is 21.3. The van der Waals surface area contributed by atoms with Gasteiger partial charge in [-0.25, -0.2) is 0 Å². The van der Waals surface area contributed by atoms with Gasteiger partial charge in [-0.3, -0.25) is 0 Å². The van der Waals surface area contributed by atoms with Crippen LogP contribution in [0.2, 0.25) is 0 Å². The van der Waals surface area contributed by atoms with Crippen LogP contribution in [0, 0.1) is 46.8 Å². The molecule has 0 aromatic carbocycles. The summed E-state index contributed by atoms with van der Waals surface area (Å²) in [7, 11) is 0. The molecule has 3 fully saturated rings. The van der Waals surface area contributed by atoms with Crippen molar-refractivity contribution in [3.8, 4) is 0 Å². The van der Waals surface area contributed by atoms with Gasteiger partial charge in [-0.1, -0.05) is 68.2 Å². The lowest BCUT2D eigenvalue weighted by Gasteiger charge is -2.56. The third kappa shape index (κ3) is 5.35. The van der Waals surface area contributed by atoms with Crippen molar-refractivity contribution in [2.45, 2.75) is 120 Å². The summed E-state index contributed by atoms with van der Waals surface area (Å²) in [5, 5.41) is 0. The molecule has 0 aliphatic heterocycles. The van der Waals surface area contributed by atoms with Gasteiger partial charge in [0.05, 0.1) is 0 Å². The van der Waals surface area contributed by atoms with Crippen molar-refractivity contribution in [3.05, 3.63) is 0 Å². The second-order valence-corrected chi connectivity index (χ2v) is 10.1. The van der Waals surface area contributed by atoms with E-state index >= 15 is 0 Å². The SMILES string of the molecule is CC.CC.CCCC1CCC2C(CCC3(CC(C)C)C(C)CCC23)C1CCN. The van der Waals surface area contributed by atoms with E-state index < -0.39 is 0 Å². The van der Waals surface area contributed by atoms with E-state index in [-0.39, 0.29) is 0 Å². The molecule has 7 atom stereocenters. The van der Waals surface area contributed by atoms with Crippen LogP contribution in [-0.4, -0.2) is 6.54 Å². The Morgan fingerprint density at radius 1 is 0.893 bits per heavy atom. The molecular weight excluding hydrogens is 338 g/mol. The normalized spacial score (nSPS) is 39.2. The Hall–Kier alpha value is -0.0400. The maximum Gasteiger partial charge on any atom is -0.00744 e. The maximum atomic E-state index is 6.06. The van der Waals surface area contributed by atoms with Crippen LogP contribution in [0.5, 0.6) is 0 Å². The molecule has 1 nitrogen and oxygen atoms in total. The molecule has 28 heavy (non-hydrogen) atoms. The van der Waals surface area contributed by atoms with E-state index in [1.807, 2.05) is 27.7 Å². The largest absolute Gasteiger partial charge is 0.330 e. The molecule has 3 aliphatic rings. The summed E-state index contributed by atoms with van der Waals surface area (Å²) >= 11 is 0. The molecule has 0 aromatic heterocycles. The van der Waals surface area contributed by atoms with Gasteiger partial charge in [0.2, 0.25) is 0 Å². The molecule has 2 N–H and O–H groups in total. The first-order valence-corrected chi connectivity index (χ1v) is 13.2. The van der Waals surface area contributed by atoms with E-state index in [9.17, 15) is 0 Å². The number of hydrogen-bond donors (Lipinski definition) is 1. The molecule has 0 bridgehead atoms. The molecule has 1 heteroatoms. The smallest absolute Gasteiger partial charge is 0.00744 e. The summed E-state index contributed by atoms with van der Waals surface area (Å²) in [4.78, 5) is 0. The van der Waals surface area contributed by atoms with Gasteiger partial charge in [-0.2, -0.15) is 0 Å². The van der Waals surface area contributed by atoms with Gasteiger partial charge in [-0.05, 0) is 105 Å². The zero-order valence-electron chi connectivity index (χ0n) is 20.9. The summed E-state index contributed by atoms with van der Waals surface area (Å²) in [6.07, 6.45) is 14.7. The lowest BCUT2D eigenvalue weighted by molar-refractivity contribution is -0.0695. The second kappa shape index (κ2) is 12.6. The van der Waals surface area contributed by atoms with Gasteiger partial charge in [0, 0.05) is 0 Å². The zero-order valence-corrected chi connectivity index (χ0v) is 20.9. The Labute approximate surface area is 179 Å². The van der Waals surface area contributed by atoms with Crippen LogP contribution >= 0.6 is 0 Å². The first-order valence-electron chi connectivity index (χ1n) is 13.2. The van der Waals surface area contributed by atoms with Crippen molar-refractivity contribution in [2.24, 2.45) is 52.6 Å². The topological polar surface area (TPSA) is 26.0 Å². The highest BCUT2D eigenvalue weighted by Crippen LogP contribution is 2.65. The Morgan fingerprint density at radius 2 is 1.57 bits per heavy atom. The molecule has 3 aliphatic carbocycles. The Morgan fingerprint density at radius 3 is 2.14 bits per heavy atom. The van der Waals surface area contributed by atoms with Crippen molar-refractivity contribution < 1.29 is 0 Å². The minimum Gasteiger partial charge on any atom is -0.330 e. The standard InChI is InChI=1S/C23H43N.2C2H6/c1-5-6-18-8-9-21-20(19(18)12-14-24)11-13-23(15-16(2)3)17(4)7-10-22(21)23;2*1-2/h16-22H,5-15,24H2,1-4H3;2*1-2H3. The van der Waals surface area contributed by atoms with Crippen LogP contribution < -0.4 is 5.73 Å². The molecule has 0 spiro atoms. The van der Waals surface area contributed by atoms with Crippen molar-refractivity contribution in [1.29, 1.82) is 0 Å². The van der Waals surface area contributed by atoms with Crippen LogP contribution in [0.4, 0.5) is 0 Å². The highest BCUT2D eigenvalue weighted by molar-refractivity contribution is 5.06. The third-order valence-electron chi connectivity index (χ3n) is 8.61. The number of fused-ring (bicyclic) bond motifs is 3. The molecule has 3 saturated carbocycles. The fraction of sp³-hybridized carbons (Fsp3) is 1.00. The summed E-state index contributed by atoms with van der Waals surface area (Å²) in [5.74, 6) is 6.84. The van der Waals surface area contributed by atoms with Gasteiger partial charge in [-0.15, -0.1) is 0 Å². The second-order valence-electron chi connectivity index (χ2n) is 10.1. The van der Waals surface area contributed by atoms with E-state index in [4.69, 9.17) is 5.73 Å². The summed E-state index contributed by atoms with van der Waals surface area (Å²) < 4.78 is 0. The average Bonchev–Trinajstić information content (AvgIpc) is 3.03. The highest BCUT2D eigenvalue weighted by Gasteiger charge is 2.57. The molecule has 7 unspecified atom stereocenters. The van der Waals surface area contributed by atoms with Gasteiger partial charge >= 0.3 is 0 Å². The Bertz CT molecular complexity index is 403.